The molecule has 0 aromatic heterocycles. The molecule has 2 rings (SSSR count). The third kappa shape index (κ3) is 4.50. The van der Waals surface area contributed by atoms with Crippen LogP contribution in [0.15, 0.2) is 35.2 Å². The lowest BCUT2D eigenvalue weighted by Gasteiger charge is -2.35. The molecule has 1 amide bonds. The summed E-state index contributed by atoms with van der Waals surface area (Å²) in [6.07, 6.45) is 4.77. The molecule has 0 atom stereocenters. The van der Waals surface area contributed by atoms with Gasteiger partial charge < -0.3 is 10.1 Å². The molecule has 5 heteroatoms. The van der Waals surface area contributed by atoms with E-state index in [0.29, 0.717) is 25.0 Å². The Morgan fingerprint density at radius 3 is 2.50 bits per heavy atom. The van der Waals surface area contributed by atoms with E-state index in [1.165, 1.54) is 7.11 Å². The fourth-order valence-electron chi connectivity index (χ4n) is 2.84. The number of benzene rings is 1. The molecular formula is C17H23NO3S. The summed E-state index contributed by atoms with van der Waals surface area (Å²) in [4.78, 5) is 25.4. The predicted molar refractivity (Wildman–Crippen MR) is 87.8 cm³/mol. The van der Waals surface area contributed by atoms with Gasteiger partial charge in [-0.05, 0) is 25.0 Å². The standard InChI is InChI=1S/C17H23NO3S/c1-21-16(20)17(11-6-3-7-12-17)18-15(19)10-13-22-14-8-4-2-5-9-14/h2,4-5,8-9H,3,6-7,10-13H2,1H3,(H,18,19). The Morgan fingerprint density at radius 2 is 1.86 bits per heavy atom. The SMILES string of the molecule is COC(=O)C1(NC(=O)CCSc2ccccc2)CCCCC1. The van der Waals surface area contributed by atoms with Gasteiger partial charge in [0.25, 0.3) is 0 Å². The monoisotopic (exact) mass is 321 g/mol. The smallest absolute Gasteiger partial charge is 0.331 e. The second-order valence-electron chi connectivity index (χ2n) is 5.59. The molecule has 1 aromatic carbocycles. The highest BCUT2D eigenvalue weighted by Crippen LogP contribution is 2.29. The number of ether oxygens (including phenoxy) is 1. The van der Waals surface area contributed by atoms with E-state index in [1.54, 1.807) is 11.8 Å². The largest absolute Gasteiger partial charge is 0.467 e. The minimum atomic E-state index is -0.804. The van der Waals surface area contributed by atoms with Gasteiger partial charge in [-0.3, -0.25) is 4.79 Å². The average Bonchev–Trinajstić information content (AvgIpc) is 2.56. The number of methoxy groups -OCH3 is 1. The van der Waals surface area contributed by atoms with Gasteiger partial charge in [0.2, 0.25) is 5.91 Å². The van der Waals surface area contributed by atoms with Crippen molar-refractivity contribution in [3.63, 3.8) is 0 Å². The second-order valence-corrected chi connectivity index (χ2v) is 6.76. The molecule has 0 heterocycles. The van der Waals surface area contributed by atoms with Gasteiger partial charge in [-0.25, -0.2) is 4.79 Å². The van der Waals surface area contributed by atoms with Gasteiger partial charge in [0.15, 0.2) is 0 Å². The maximum atomic E-state index is 12.2. The zero-order valence-corrected chi connectivity index (χ0v) is 13.8. The topological polar surface area (TPSA) is 55.4 Å². The van der Waals surface area contributed by atoms with Crippen LogP contribution in [0.3, 0.4) is 0 Å². The predicted octanol–water partition coefficient (Wildman–Crippen LogP) is 3.16. The lowest BCUT2D eigenvalue weighted by atomic mass is 9.81. The fourth-order valence-corrected chi connectivity index (χ4v) is 3.71. The summed E-state index contributed by atoms with van der Waals surface area (Å²) in [6.45, 7) is 0. The fraction of sp³-hybridized carbons (Fsp3) is 0.529. The number of hydrogen-bond acceptors (Lipinski definition) is 4. The van der Waals surface area contributed by atoms with Crippen molar-refractivity contribution < 1.29 is 14.3 Å². The highest BCUT2D eigenvalue weighted by atomic mass is 32.2. The molecule has 0 saturated heterocycles. The van der Waals surface area contributed by atoms with Gasteiger partial charge >= 0.3 is 5.97 Å². The lowest BCUT2D eigenvalue weighted by molar-refractivity contribution is -0.152. The molecular weight excluding hydrogens is 298 g/mol. The highest BCUT2D eigenvalue weighted by Gasteiger charge is 2.41. The van der Waals surface area contributed by atoms with Crippen LogP contribution in [0.1, 0.15) is 38.5 Å². The number of carbonyl (C=O) groups excluding carboxylic acids is 2. The van der Waals surface area contributed by atoms with Crippen LogP contribution in [0.2, 0.25) is 0 Å². The van der Waals surface area contributed by atoms with Crippen molar-refractivity contribution in [2.24, 2.45) is 0 Å². The molecule has 22 heavy (non-hydrogen) atoms. The molecule has 0 unspecified atom stereocenters. The third-order valence-corrected chi connectivity index (χ3v) is 5.02. The number of nitrogens with one attached hydrogen (secondary N) is 1. The van der Waals surface area contributed by atoms with Crippen LogP contribution in [0.25, 0.3) is 0 Å². The van der Waals surface area contributed by atoms with Crippen molar-refractivity contribution in [2.45, 2.75) is 49.0 Å². The van der Waals surface area contributed by atoms with E-state index >= 15 is 0 Å². The minimum absolute atomic E-state index is 0.0734. The maximum Gasteiger partial charge on any atom is 0.331 e. The van der Waals surface area contributed by atoms with E-state index in [0.717, 1.165) is 24.2 Å². The molecule has 1 aliphatic rings. The van der Waals surface area contributed by atoms with E-state index in [2.05, 4.69) is 5.32 Å². The van der Waals surface area contributed by atoms with Crippen molar-refractivity contribution in [3.8, 4) is 0 Å². The average molecular weight is 321 g/mol. The van der Waals surface area contributed by atoms with Crippen LogP contribution in [0.4, 0.5) is 0 Å². The van der Waals surface area contributed by atoms with Crippen LogP contribution < -0.4 is 5.32 Å². The molecule has 4 nitrogen and oxygen atoms in total. The Bertz CT molecular complexity index is 498. The Hall–Kier alpha value is -1.49. The second kappa shape index (κ2) is 8.22. The molecule has 1 aliphatic carbocycles. The van der Waals surface area contributed by atoms with E-state index < -0.39 is 5.54 Å². The Kier molecular flexibility index (Phi) is 6.31. The normalized spacial score (nSPS) is 16.8. The van der Waals surface area contributed by atoms with Gasteiger partial charge in [-0.15, -0.1) is 11.8 Å². The van der Waals surface area contributed by atoms with E-state index in [9.17, 15) is 9.59 Å². The van der Waals surface area contributed by atoms with E-state index in [4.69, 9.17) is 4.74 Å². The van der Waals surface area contributed by atoms with E-state index in [1.807, 2.05) is 30.3 Å². The van der Waals surface area contributed by atoms with Crippen LogP contribution >= 0.6 is 11.8 Å². The summed E-state index contributed by atoms with van der Waals surface area (Å²) in [5.74, 6) is 0.319. The van der Waals surface area contributed by atoms with Gasteiger partial charge in [-0.2, -0.15) is 0 Å². The molecule has 120 valence electrons. The number of rotatable bonds is 6. The van der Waals surface area contributed by atoms with Crippen molar-refractivity contribution in [1.82, 2.24) is 5.32 Å². The van der Waals surface area contributed by atoms with Gasteiger partial charge in [0.05, 0.1) is 7.11 Å². The molecule has 1 aromatic rings. The molecule has 1 fully saturated rings. The van der Waals surface area contributed by atoms with Crippen LogP contribution in [0, 0.1) is 0 Å². The quantitative estimate of drug-likeness (QED) is 0.646. The first-order chi connectivity index (χ1) is 10.7. The van der Waals surface area contributed by atoms with Crippen molar-refractivity contribution in [2.75, 3.05) is 12.9 Å². The Labute approximate surface area is 136 Å². The van der Waals surface area contributed by atoms with Crippen LogP contribution in [-0.4, -0.2) is 30.3 Å². The number of thioether (sulfide) groups is 1. The Morgan fingerprint density at radius 1 is 1.18 bits per heavy atom. The number of amides is 1. The number of hydrogen-bond donors (Lipinski definition) is 1. The summed E-state index contributed by atoms with van der Waals surface area (Å²) in [7, 11) is 1.39. The zero-order chi connectivity index (χ0) is 15.8. The molecule has 1 N–H and O–H groups in total. The van der Waals surface area contributed by atoms with Crippen molar-refractivity contribution >= 4 is 23.6 Å². The summed E-state index contributed by atoms with van der Waals surface area (Å²) >= 11 is 1.65. The molecule has 0 aliphatic heterocycles. The summed E-state index contributed by atoms with van der Waals surface area (Å²) in [6, 6.07) is 9.99. The lowest BCUT2D eigenvalue weighted by Crippen LogP contribution is -2.56. The van der Waals surface area contributed by atoms with Gasteiger partial charge in [-0.1, -0.05) is 37.5 Å². The molecule has 0 radical (unpaired) electrons. The third-order valence-electron chi connectivity index (χ3n) is 4.00. The number of carbonyl (C=O) groups is 2. The van der Waals surface area contributed by atoms with Gasteiger partial charge in [0.1, 0.15) is 5.54 Å². The number of esters is 1. The maximum absolute atomic E-state index is 12.2. The zero-order valence-electron chi connectivity index (χ0n) is 13.0. The van der Waals surface area contributed by atoms with Gasteiger partial charge in [0, 0.05) is 17.1 Å². The highest BCUT2D eigenvalue weighted by molar-refractivity contribution is 7.99. The van der Waals surface area contributed by atoms with Crippen LogP contribution in [0.5, 0.6) is 0 Å². The molecule has 0 spiro atoms. The van der Waals surface area contributed by atoms with Crippen molar-refractivity contribution in [1.29, 1.82) is 0 Å². The first-order valence-electron chi connectivity index (χ1n) is 7.73. The summed E-state index contributed by atoms with van der Waals surface area (Å²) in [5, 5.41) is 2.94. The van der Waals surface area contributed by atoms with Crippen LogP contribution in [-0.2, 0) is 14.3 Å². The van der Waals surface area contributed by atoms with E-state index in [-0.39, 0.29) is 11.9 Å². The summed E-state index contributed by atoms with van der Waals surface area (Å²) in [5.41, 5.74) is -0.804. The molecule has 1 saturated carbocycles. The first kappa shape index (κ1) is 16.9. The summed E-state index contributed by atoms with van der Waals surface area (Å²) < 4.78 is 4.91. The minimum Gasteiger partial charge on any atom is -0.467 e. The molecule has 0 bridgehead atoms. The van der Waals surface area contributed by atoms with Crippen molar-refractivity contribution in [3.05, 3.63) is 30.3 Å². The first-order valence-corrected chi connectivity index (χ1v) is 8.72. The Balaban J connectivity index is 1.84.